The number of nitrogens with two attached hydrogens (primary N) is 1. The monoisotopic (exact) mass is 536 g/mol. The molecule has 5 rings (SSSR count). The lowest BCUT2D eigenvalue weighted by Gasteiger charge is -2.33. The molecule has 1 fully saturated rings. The zero-order valence-corrected chi connectivity index (χ0v) is 22.9. The van der Waals surface area contributed by atoms with Gasteiger partial charge in [0.15, 0.2) is 0 Å². The van der Waals surface area contributed by atoms with Crippen molar-refractivity contribution in [2.75, 3.05) is 18.8 Å². The number of ether oxygens (including phenoxy) is 1. The number of para-hydroxylation sites is 1. The number of anilines is 1. The summed E-state index contributed by atoms with van der Waals surface area (Å²) >= 11 is 0. The molecule has 1 aliphatic rings. The number of hydrogen-bond donors (Lipinski definition) is 1. The molecule has 0 bridgehead atoms. The number of carbonyl (C=O) groups is 1. The lowest BCUT2D eigenvalue weighted by molar-refractivity contribution is -0.128. The van der Waals surface area contributed by atoms with Crippen LogP contribution in [0, 0.1) is 16.7 Å². The van der Waals surface area contributed by atoms with Crippen molar-refractivity contribution in [3.8, 4) is 23.3 Å². The van der Waals surface area contributed by atoms with E-state index in [0.29, 0.717) is 54.2 Å². The first-order valence-corrected chi connectivity index (χ1v) is 13.3. The van der Waals surface area contributed by atoms with Gasteiger partial charge in [-0.15, -0.1) is 0 Å². The fourth-order valence-corrected chi connectivity index (χ4v) is 5.16. The van der Waals surface area contributed by atoms with E-state index in [1.54, 1.807) is 44.5 Å². The van der Waals surface area contributed by atoms with E-state index in [1.165, 1.54) is 0 Å². The summed E-state index contributed by atoms with van der Waals surface area (Å²) in [4.78, 5) is 33.2. The molecule has 9 heteroatoms. The normalized spacial score (nSPS) is 16.1. The molecule has 0 saturated carbocycles. The average Bonchev–Trinajstić information content (AvgIpc) is 3.25. The molecule has 4 aromatic rings. The Morgan fingerprint density at radius 2 is 1.80 bits per heavy atom. The number of piperidine rings is 1. The van der Waals surface area contributed by atoms with Gasteiger partial charge in [0, 0.05) is 19.3 Å². The Hall–Kier alpha value is -4.84. The third-order valence-corrected chi connectivity index (χ3v) is 6.86. The highest BCUT2D eigenvalue weighted by Crippen LogP contribution is 2.30. The zero-order chi connectivity index (χ0) is 28.4. The molecule has 0 spiro atoms. The van der Waals surface area contributed by atoms with E-state index < -0.39 is 0 Å². The molecule has 204 valence electrons. The van der Waals surface area contributed by atoms with Gasteiger partial charge in [-0.2, -0.15) is 5.26 Å². The molecule has 1 atom stereocenters. The van der Waals surface area contributed by atoms with Crippen molar-refractivity contribution in [2.24, 2.45) is 5.41 Å². The minimum atomic E-state index is -0.313. The molecule has 3 heterocycles. The second kappa shape index (κ2) is 10.7. The van der Waals surface area contributed by atoms with Crippen LogP contribution in [-0.2, 0) is 4.79 Å². The van der Waals surface area contributed by atoms with E-state index in [9.17, 15) is 14.9 Å². The number of nitrogen functional groups attached to an aromatic ring is 1. The van der Waals surface area contributed by atoms with Crippen molar-refractivity contribution < 1.29 is 9.53 Å². The van der Waals surface area contributed by atoms with Gasteiger partial charge < -0.3 is 15.4 Å². The molecule has 0 unspecified atom stereocenters. The topological polar surface area (TPSA) is 119 Å². The van der Waals surface area contributed by atoms with Gasteiger partial charge in [0.05, 0.1) is 17.2 Å². The van der Waals surface area contributed by atoms with Gasteiger partial charge in [0.2, 0.25) is 0 Å². The number of aromatic nitrogens is 3. The first-order chi connectivity index (χ1) is 19.2. The Bertz CT molecular complexity index is 1670. The van der Waals surface area contributed by atoms with Crippen molar-refractivity contribution in [1.29, 1.82) is 5.26 Å². The predicted molar refractivity (Wildman–Crippen MR) is 154 cm³/mol. The lowest BCUT2D eigenvalue weighted by atomic mass is 9.93. The molecular weight excluding hydrogens is 504 g/mol. The molecule has 2 N–H and O–H groups in total. The second-order valence-corrected chi connectivity index (χ2v) is 11.0. The summed E-state index contributed by atoms with van der Waals surface area (Å²) in [6.45, 7) is 6.68. The summed E-state index contributed by atoms with van der Waals surface area (Å²) in [6.07, 6.45) is 4.70. The number of pyridine rings is 1. The summed E-state index contributed by atoms with van der Waals surface area (Å²) in [5.74, 6) is 1.28. The Kier molecular flexibility index (Phi) is 7.18. The SMILES string of the molecule is CC(C)(C)/C=C(/C#N)C(=O)N1CCC[C@@H](n2c(=O)n(-c3ccc(Oc4ccccc4)cc3)c3c(N)nccc32)C1. The van der Waals surface area contributed by atoms with Gasteiger partial charge in [0.1, 0.15) is 34.5 Å². The Labute approximate surface area is 232 Å². The van der Waals surface area contributed by atoms with Crippen LogP contribution in [0.15, 0.2) is 83.3 Å². The fraction of sp³-hybridized carbons (Fsp3) is 0.290. The molecule has 0 radical (unpaired) electrons. The van der Waals surface area contributed by atoms with Crippen LogP contribution in [0.5, 0.6) is 11.5 Å². The number of fused-ring (bicyclic) bond motifs is 1. The van der Waals surface area contributed by atoms with E-state index in [-0.39, 0.29) is 34.4 Å². The van der Waals surface area contributed by atoms with Gasteiger partial charge in [-0.3, -0.25) is 13.9 Å². The highest BCUT2D eigenvalue weighted by molar-refractivity contribution is 5.97. The van der Waals surface area contributed by atoms with Crippen LogP contribution in [0.25, 0.3) is 16.7 Å². The van der Waals surface area contributed by atoms with E-state index in [1.807, 2.05) is 63.2 Å². The van der Waals surface area contributed by atoms with Crippen LogP contribution in [-0.4, -0.2) is 38.0 Å². The number of nitriles is 1. The number of rotatable bonds is 5. The number of allylic oxidation sites excluding steroid dienone is 1. The number of nitrogens with zero attached hydrogens (tertiary/aromatic N) is 5. The number of imidazole rings is 1. The molecule has 0 aliphatic carbocycles. The third kappa shape index (κ3) is 5.34. The summed E-state index contributed by atoms with van der Waals surface area (Å²) < 4.78 is 9.18. The molecule has 40 heavy (non-hydrogen) atoms. The number of carbonyl (C=O) groups excluding carboxylic acids is 1. The Morgan fingerprint density at radius 1 is 1.10 bits per heavy atom. The fourth-order valence-electron chi connectivity index (χ4n) is 5.16. The number of hydrogen-bond acceptors (Lipinski definition) is 6. The van der Waals surface area contributed by atoms with Crippen molar-refractivity contribution in [1.82, 2.24) is 19.0 Å². The zero-order valence-electron chi connectivity index (χ0n) is 22.9. The Balaban J connectivity index is 1.51. The van der Waals surface area contributed by atoms with Gasteiger partial charge in [-0.1, -0.05) is 45.0 Å². The molecule has 1 amide bonds. The van der Waals surface area contributed by atoms with Crippen LogP contribution < -0.4 is 16.2 Å². The number of amides is 1. The molecule has 1 saturated heterocycles. The van der Waals surface area contributed by atoms with Crippen LogP contribution in [0.2, 0.25) is 0 Å². The lowest BCUT2D eigenvalue weighted by Crippen LogP contribution is -2.43. The first kappa shape index (κ1) is 26.8. The molecule has 2 aromatic heterocycles. The van der Waals surface area contributed by atoms with E-state index in [2.05, 4.69) is 11.1 Å². The first-order valence-electron chi connectivity index (χ1n) is 13.3. The van der Waals surface area contributed by atoms with E-state index in [4.69, 9.17) is 10.5 Å². The summed E-state index contributed by atoms with van der Waals surface area (Å²) in [7, 11) is 0. The smallest absolute Gasteiger partial charge is 0.334 e. The third-order valence-electron chi connectivity index (χ3n) is 6.86. The second-order valence-electron chi connectivity index (χ2n) is 11.0. The summed E-state index contributed by atoms with van der Waals surface area (Å²) in [6, 6.07) is 20.2. The van der Waals surface area contributed by atoms with E-state index >= 15 is 0 Å². The van der Waals surface area contributed by atoms with Gasteiger partial charge in [-0.05, 0) is 60.7 Å². The van der Waals surface area contributed by atoms with Gasteiger partial charge in [-0.25, -0.2) is 9.78 Å². The minimum Gasteiger partial charge on any atom is -0.457 e. The minimum absolute atomic E-state index is 0.120. The predicted octanol–water partition coefficient (Wildman–Crippen LogP) is 5.22. The molecule has 1 aliphatic heterocycles. The standard InChI is InChI=1S/C31H32N6O3/c1-31(2,3)18-21(19-32)29(38)35-17-7-8-23(20-35)36-26-15-16-34-28(33)27(26)37(30(36)39)22-11-13-25(14-12-22)40-24-9-5-4-6-10-24/h4-6,9-16,18,23H,7-8,17,20H2,1-3H3,(H2,33,34)/b21-18-/t23-/m1/s1. The van der Waals surface area contributed by atoms with Gasteiger partial charge in [0.25, 0.3) is 5.91 Å². The molecule has 2 aromatic carbocycles. The van der Waals surface area contributed by atoms with Crippen molar-refractivity contribution in [2.45, 2.75) is 39.7 Å². The van der Waals surface area contributed by atoms with Crippen LogP contribution in [0.3, 0.4) is 0 Å². The van der Waals surface area contributed by atoms with Gasteiger partial charge >= 0.3 is 5.69 Å². The maximum Gasteiger partial charge on any atom is 0.334 e. The number of benzene rings is 2. The summed E-state index contributed by atoms with van der Waals surface area (Å²) in [5.41, 5.74) is 7.63. The van der Waals surface area contributed by atoms with E-state index in [0.717, 1.165) is 0 Å². The largest absolute Gasteiger partial charge is 0.457 e. The van der Waals surface area contributed by atoms with Crippen LogP contribution >= 0.6 is 0 Å². The maximum absolute atomic E-state index is 14.0. The van der Waals surface area contributed by atoms with Crippen LogP contribution in [0.4, 0.5) is 5.82 Å². The molecule has 9 nitrogen and oxygen atoms in total. The van der Waals surface area contributed by atoms with Crippen molar-refractivity contribution in [3.63, 3.8) is 0 Å². The number of likely N-dealkylation sites (tertiary alicyclic amines) is 1. The van der Waals surface area contributed by atoms with Crippen LogP contribution in [0.1, 0.15) is 39.7 Å². The quantitative estimate of drug-likeness (QED) is 0.276. The maximum atomic E-state index is 14.0. The highest BCUT2D eigenvalue weighted by Gasteiger charge is 2.31. The molecular formula is C31H32N6O3. The Morgan fingerprint density at radius 3 is 2.48 bits per heavy atom. The summed E-state index contributed by atoms with van der Waals surface area (Å²) in [5, 5.41) is 9.67. The highest BCUT2D eigenvalue weighted by atomic mass is 16.5. The average molecular weight is 537 g/mol. The van der Waals surface area contributed by atoms with Crippen molar-refractivity contribution >= 4 is 22.8 Å². The van der Waals surface area contributed by atoms with Crippen molar-refractivity contribution in [3.05, 3.63) is 89.0 Å².